The van der Waals surface area contributed by atoms with E-state index in [0.29, 0.717) is 0 Å². The summed E-state index contributed by atoms with van der Waals surface area (Å²) in [6, 6.07) is 0. The molecular weight excluding hydrogens is 90.1 g/mol. The van der Waals surface area contributed by atoms with E-state index in [1.54, 1.807) is 18.1 Å². The molecule has 0 bridgehead atoms. The van der Waals surface area contributed by atoms with Crippen LogP contribution in [0.2, 0.25) is 0 Å². The lowest BCUT2D eigenvalue weighted by Crippen LogP contribution is -2.02. The number of hydrogen-bond donors (Lipinski definition) is 0. The number of ether oxygens (including phenoxy) is 1. The standard InChI is InChI=1S/C5H5NO/c1-5-6(2)3-4-7-5/h3-4H,2H3. The molecule has 0 saturated heterocycles. The molecule has 0 unspecified atom stereocenters. The van der Waals surface area contributed by atoms with Crippen LogP contribution in [-0.2, 0) is 4.74 Å². The summed E-state index contributed by atoms with van der Waals surface area (Å²) in [5.74, 6) is 0.181. The molecule has 0 amide bonds. The van der Waals surface area contributed by atoms with Crippen molar-refractivity contribution in [1.29, 1.82) is 0 Å². The molecule has 0 aromatic carbocycles. The molecule has 7 heavy (non-hydrogen) atoms. The van der Waals surface area contributed by atoms with Crippen molar-refractivity contribution in [1.82, 2.24) is 4.90 Å². The molecule has 1 aliphatic heterocycles. The summed E-state index contributed by atoms with van der Waals surface area (Å²) < 4.78 is 4.59. The van der Waals surface area contributed by atoms with Gasteiger partial charge < -0.3 is 9.64 Å². The van der Waals surface area contributed by atoms with E-state index in [-0.39, 0.29) is 5.88 Å². The third-order valence-corrected chi connectivity index (χ3v) is 0.784. The summed E-state index contributed by atoms with van der Waals surface area (Å²) in [5, 5.41) is 0. The van der Waals surface area contributed by atoms with E-state index >= 15 is 0 Å². The Hall–Kier alpha value is -0.920. The first-order valence-corrected chi connectivity index (χ1v) is 1.95. The minimum absolute atomic E-state index is 0.181. The summed E-state index contributed by atoms with van der Waals surface area (Å²) >= 11 is 0. The van der Waals surface area contributed by atoms with E-state index < -0.39 is 0 Å². The Morgan fingerprint density at radius 2 is 2.57 bits per heavy atom. The van der Waals surface area contributed by atoms with Gasteiger partial charge in [0.15, 0.2) is 0 Å². The molecule has 1 aliphatic rings. The van der Waals surface area contributed by atoms with Crippen LogP contribution in [-0.4, -0.2) is 11.9 Å². The van der Waals surface area contributed by atoms with Crippen molar-refractivity contribution in [2.24, 2.45) is 0 Å². The van der Waals surface area contributed by atoms with Crippen molar-refractivity contribution in [3.63, 3.8) is 0 Å². The van der Waals surface area contributed by atoms with Gasteiger partial charge in [-0.25, -0.2) is 0 Å². The molecule has 2 radical (unpaired) electrons. The average molecular weight is 95.1 g/mol. The van der Waals surface area contributed by atoms with Gasteiger partial charge in [-0.3, -0.25) is 0 Å². The van der Waals surface area contributed by atoms with Crippen molar-refractivity contribution in [3.8, 4) is 0 Å². The molecule has 0 aromatic rings. The van der Waals surface area contributed by atoms with Crippen LogP contribution < -0.4 is 0 Å². The van der Waals surface area contributed by atoms with Crippen LogP contribution in [0.3, 0.4) is 0 Å². The topological polar surface area (TPSA) is 12.5 Å². The zero-order chi connectivity index (χ0) is 5.28. The SMILES string of the molecule is [C]=C1OC=CN1C. The van der Waals surface area contributed by atoms with Crippen LogP contribution in [0, 0.1) is 6.58 Å². The molecule has 0 fully saturated rings. The first kappa shape index (κ1) is 4.24. The zero-order valence-corrected chi connectivity index (χ0v) is 4.01. The third kappa shape index (κ3) is 0.585. The minimum Gasteiger partial charge on any atom is -0.446 e. The van der Waals surface area contributed by atoms with Gasteiger partial charge in [0.05, 0.1) is 6.58 Å². The molecule has 0 N–H and O–H groups in total. The highest BCUT2D eigenvalue weighted by Crippen LogP contribution is 2.07. The molecule has 36 valence electrons. The van der Waals surface area contributed by atoms with Gasteiger partial charge in [-0.15, -0.1) is 0 Å². The Morgan fingerprint density at radius 1 is 1.86 bits per heavy atom. The van der Waals surface area contributed by atoms with Gasteiger partial charge in [0.2, 0.25) is 5.88 Å². The van der Waals surface area contributed by atoms with Crippen LogP contribution in [0.5, 0.6) is 0 Å². The fourth-order valence-electron chi connectivity index (χ4n) is 0.337. The van der Waals surface area contributed by atoms with Gasteiger partial charge in [0, 0.05) is 13.2 Å². The van der Waals surface area contributed by atoms with Gasteiger partial charge in [0.1, 0.15) is 6.26 Å². The van der Waals surface area contributed by atoms with E-state index in [1.807, 2.05) is 0 Å². The van der Waals surface area contributed by atoms with Gasteiger partial charge in [0.25, 0.3) is 0 Å². The van der Waals surface area contributed by atoms with Crippen LogP contribution in [0.15, 0.2) is 18.3 Å². The summed E-state index contributed by atoms with van der Waals surface area (Å²) in [5.41, 5.74) is 0. The molecule has 0 spiro atoms. The van der Waals surface area contributed by atoms with Crippen LogP contribution in [0.25, 0.3) is 0 Å². The van der Waals surface area contributed by atoms with E-state index in [9.17, 15) is 0 Å². The fraction of sp³-hybridized carbons (Fsp3) is 0.200. The van der Waals surface area contributed by atoms with E-state index in [4.69, 9.17) is 6.58 Å². The molecule has 2 heteroatoms. The van der Waals surface area contributed by atoms with Crippen molar-refractivity contribution in [3.05, 3.63) is 24.9 Å². The van der Waals surface area contributed by atoms with E-state index in [0.717, 1.165) is 0 Å². The predicted octanol–water partition coefficient (Wildman–Crippen LogP) is 0.571. The highest BCUT2D eigenvalue weighted by atomic mass is 16.5. The van der Waals surface area contributed by atoms with Crippen LogP contribution in [0.1, 0.15) is 0 Å². The second-order valence-electron chi connectivity index (χ2n) is 1.32. The maximum Gasteiger partial charge on any atom is 0.207 e. The molecule has 0 atom stereocenters. The first-order chi connectivity index (χ1) is 3.30. The van der Waals surface area contributed by atoms with Crippen molar-refractivity contribution in [2.75, 3.05) is 7.05 Å². The summed E-state index contributed by atoms with van der Waals surface area (Å²) in [6.45, 7) is 6.90. The zero-order valence-electron chi connectivity index (χ0n) is 4.01. The summed E-state index contributed by atoms with van der Waals surface area (Å²) in [7, 11) is 1.76. The predicted molar refractivity (Wildman–Crippen MR) is 24.7 cm³/mol. The molecule has 2 nitrogen and oxygen atoms in total. The number of nitrogens with zero attached hydrogens (tertiary/aromatic N) is 1. The van der Waals surface area contributed by atoms with Crippen LogP contribution in [0.4, 0.5) is 0 Å². The Bertz CT molecular complexity index is 117. The molecule has 0 aromatic heterocycles. The van der Waals surface area contributed by atoms with E-state index in [2.05, 4.69) is 4.74 Å². The lowest BCUT2D eigenvalue weighted by atomic mass is 10.8. The fourth-order valence-corrected chi connectivity index (χ4v) is 0.337. The normalized spacial score (nSPS) is 17.9. The van der Waals surface area contributed by atoms with Crippen molar-refractivity contribution in [2.45, 2.75) is 0 Å². The van der Waals surface area contributed by atoms with Crippen molar-refractivity contribution < 1.29 is 4.74 Å². The Labute approximate surface area is 42.7 Å². The largest absolute Gasteiger partial charge is 0.446 e. The lowest BCUT2D eigenvalue weighted by molar-refractivity contribution is 0.295. The molecular formula is C5H5NO. The molecule has 0 saturated carbocycles. The smallest absolute Gasteiger partial charge is 0.207 e. The Balaban J connectivity index is 2.62. The second kappa shape index (κ2) is 1.30. The van der Waals surface area contributed by atoms with E-state index in [1.165, 1.54) is 6.26 Å². The monoisotopic (exact) mass is 95.0 g/mol. The van der Waals surface area contributed by atoms with Crippen molar-refractivity contribution >= 4 is 0 Å². The van der Waals surface area contributed by atoms with Gasteiger partial charge in [-0.1, -0.05) is 0 Å². The molecule has 1 rings (SSSR count). The van der Waals surface area contributed by atoms with Gasteiger partial charge in [-0.05, 0) is 0 Å². The maximum atomic E-state index is 6.90. The quantitative estimate of drug-likeness (QED) is 0.436. The highest BCUT2D eigenvalue weighted by molar-refractivity contribution is 4.95. The summed E-state index contributed by atoms with van der Waals surface area (Å²) in [6.07, 6.45) is 3.16. The molecule has 1 heterocycles. The minimum atomic E-state index is 0.181. The average Bonchev–Trinajstić information content (AvgIpc) is 1.91. The second-order valence-corrected chi connectivity index (χ2v) is 1.32. The van der Waals surface area contributed by atoms with Gasteiger partial charge >= 0.3 is 0 Å². The Kier molecular flexibility index (Phi) is 0.785. The lowest BCUT2D eigenvalue weighted by Gasteiger charge is -2.03. The number of hydrogen-bond acceptors (Lipinski definition) is 2. The molecule has 0 aliphatic carbocycles. The third-order valence-electron chi connectivity index (χ3n) is 0.784. The summed E-state index contributed by atoms with van der Waals surface area (Å²) in [4.78, 5) is 1.58. The van der Waals surface area contributed by atoms with Crippen LogP contribution >= 0.6 is 0 Å². The first-order valence-electron chi connectivity index (χ1n) is 1.95. The Morgan fingerprint density at radius 3 is 2.71 bits per heavy atom. The highest BCUT2D eigenvalue weighted by Gasteiger charge is 2.02. The maximum absolute atomic E-state index is 6.90. The number of rotatable bonds is 0. The van der Waals surface area contributed by atoms with Gasteiger partial charge in [-0.2, -0.15) is 0 Å².